The molecule has 1 amide bonds. The van der Waals surface area contributed by atoms with Crippen molar-refractivity contribution in [3.63, 3.8) is 0 Å². The van der Waals surface area contributed by atoms with E-state index in [-0.39, 0.29) is 12.3 Å². The predicted octanol–water partition coefficient (Wildman–Crippen LogP) is 5.44. The predicted molar refractivity (Wildman–Crippen MR) is 124 cm³/mol. The normalized spacial score (nSPS) is 10.8. The second kappa shape index (κ2) is 10.00. The van der Waals surface area contributed by atoms with Gasteiger partial charge in [-0.25, -0.2) is 9.97 Å². The van der Waals surface area contributed by atoms with Crippen molar-refractivity contribution in [1.29, 1.82) is 0 Å². The molecule has 0 aliphatic rings. The molecule has 0 aliphatic carbocycles. The largest absolute Gasteiger partial charge is 0.486 e. The third-order valence-corrected chi connectivity index (χ3v) is 6.45. The van der Waals surface area contributed by atoms with Gasteiger partial charge < -0.3 is 14.6 Å². The molecule has 4 aromatic rings. The third kappa shape index (κ3) is 6.10. The molecule has 4 rings (SSSR count). The van der Waals surface area contributed by atoms with Crippen molar-refractivity contribution >= 4 is 46.3 Å². The van der Waals surface area contributed by atoms with E-state index in [0.717, 1.165) is 32.2 Å². The summed E-state index contributed by atoms with van der Waals surface area (Å²) in [6.45, 7) is 0.350. The van der Waals surface area contributed by atoms with Crippen LogP contribution in [0, 0.1) is 0 Å². The van der Waals surface area contributed by atoms with Gasteiger partial charge in [0.15, 0.2) is 5.16 Å². The zero-order valence-electron chi connectivity index (χ0n) is 16.6. The number of nitrogens with one attached hydrogen (secondary N) is 1. The quantitative estimate of drug-likeness (QED) is 0.371. The molecule has 6 nitrogen and oxygen atoms in total. The smallest absolute Gasteiger partial charge is 0.230 e. The first kappa shape index (κ1) is 21.4. The van der Waals surface area contributed by atoms with E-state index in [1.165, 1.54) is 11.3 Å². The number of hydrogen-bond acceptors (Lipinski definition) is 6. The first-order chi connectivity index (χ1) is 15.0. The number of ether oxygens (including phenoxy) is 1. The Balaban J connectivity index is 1.27. The molecule has 0 saturated carbocycles. The fraction of sp³-hybridized carbons (Fsp3) is 0.136. The molecule has 2 aromatic heterocycles. The van der Waals surface area contributed by atoms with E-state index in [2.05, 4.69) is 15.3 Å². The minimum absolute atomic E-state index is 0.111. The molecule has 9 heteroatoms. The number of aryl methyl sites for hydroxylation is 1. The van der Waals surface area contributed by atoms with Crippen LogP contribution in [-0.4, -0.2) is 20.4 Å². The average molecular weight is 471 g/mol. The highest BCUT2D eigenvalue weighted by Crippen LogP contribution is 2.27. The van der Waals surface area contributed by atoms with Gasteiger partial charge in [0.25, 0.3) is 0 Å². The maximum Gasteiger partial charge on any atom is 0.230 e. The zero-order chi connectivity index (χ0) is 21.6. The Morgan fingerprint density at radius 2 is 1.97 bits per heavy atom. The lowest BCUT2D eigenvalue weighted by molar-refractivity contribution is -0.115. The lowest BCUT2D eigenvalue weighted by Gasteiger charge is -2.06. The van der Waals surface area contributed by atoms with Gasteiger partial charge >= 0.3 is 0 Å². The average Bonchev–Trinajstić information content (AvgIpc) is 3.38. The molecule has 0 aliphatic heterocycles. The molecule has 2 aromatic carbocycles. The number of aromatic nitrogens is 3. The van der Waals surface area contributed by atoms with Gasteiger partial charge in [-0.2, -0.15) is 0 Å². The number of thiazole rings is 1. The minimum atomic E-state index is -0.111. The highest BCUT2D eigenvalue weighted by atomic mass is 35.5. The summed E-state index contributed by atoms with van der Waals surface area (Å²) >= 11 is 8.91. The molecule has 2 heterocycles. The minimum Gasteiger partial charge on any atom is -0.486 e. The molecule has 31 heavy (non-hydrogen) atoms. The number of imidazole rings is 1. The van der Waals surface area contributed by atoms with Crippen LogP contribution in [0.25, 0.3) is 0 Å². The summed E-state index contributed by atoms with van der Waals surface area (Å²) in [5, 5.41) is 7.18. The SMILES string of the molecule is Cn1ccnc1Sc1ccc(NC(=O)Cc2csc(COc3ccc(Cl)cc3)n2)cc1. The van der Waals surface area contributed by atoms with Crippen molar-refractivity contribution in [3.8, 4) is 5.75 Å². The van der Waals surface area contributed by atoms with Crippen LogP contribution in [0.4, 0.5) is 5.69 Å². The van der Waals surface area contributed by atoms with Crippen molar-refractivity contribution in [2.45, 2.75) is 23.1 Å². The number of anilines is 1. The Morgan fingerprint density at radius 1 is 1.19 bits per heavy atom. The zero-order valence-corrected chi connectivity index (χ0v) is 19.0. The number of halogens is 1. The second-order valence-corrected chi connectivity index (χ2v) is 9.07. The first-order valence-electron chi connectivity index (χ1n) is 9.42. The van der Waals surface area contributed by atoms with Crippen LogP contribution in [0.15, 0.2) is 76.4 Å². The summed E-state index contributed by atoms with van der Waals surface area (Å²) < 4.78 is 7.66. The number of carbonyl (C=O) groups excluding carboxylic acids is 1. The molecule has 158 valence electrons. The molecule has 0 saturated heterocycles. The molecular weight excluding hydrogens is 452 g/mol. The van der Waals surface area contributed by atoms with E-state index < -0.39 is 0 Å². The van der Waals surface area contributed by atoms with Gasteiger partial charge in [0.2, 0.25) is 5.91 Å². The summed E-state index contributed by atoms with van der Waals surface area (Å²) in [5.74, 6) is 0.614. The standard InChI is InChI=1S/C22H19ClN4O2S2/c1-27-11-10-24-22(27)31-19-8-4-16(5-9-19)25-20(28)12-17-14-30-21(26-17)13-29-18-6-2-15(23)3-7-18/h2-11,14H,12-13H2,1H3,(H,25,28). The summed E-state index contributed by atoms with van der Waals surface area (Å²) in [7, 11) is 1.96. The van der Waals surface area contributed by atoms with Crippen molar-refractivity contribution in [2.24, 2.45) is 7.05 Å². The van der Waals surface area contributed by atoms with Crippen LogP contribution in [0.5, 0.6) is 5.75 Å². The Labute approximate surface area is 193 Å². The monoisotopic (exact) mass is 470 g/mol. The van der Waals surface area contributed by atoms with Gasteiger partial charge in [-0.1, -0.05) is 23.4 Å². The van der Waals surface area contributed by atoms with E-state index >= 15 is 0 Å². The van der Waals surface area contributed by atoms with Crippen LogP contribution in [0.1, 0.15) is 10.7 Å². The first-order valence-corrected chi connectivity index (χ1v) is 11.5. The van der Waals surface area contributed by atoms with Gasteiger partial charge in [0.05, 0.1) is 12.1 Å². The fourth-order valence-corrected chi connectivity index (χ4v) is 4.34. The van der Waals surface area contributed by atoms with Crippen LogP contribution in [0.3, 0.4) is 0 Å². The second-order valence-electron chi connectivity index (χ2n) is 6.65. The highest BCUT2D eigenvalue weighted by Gasteiger charge is 2.10. The van der Waals surface area contributed by atoms with E-state index in [0.29, 0.717) is 11.6 Å². The summed E-state index contributed by atoms with van der Waals surface area (Å²) in [4.78, 5) is 22.2. The summed E-state index contributed by atoms with van der Waals surface area (Å²) in [6.07, 6.45) is 3.89. The molecule has 0 spiro atoms. The van der Waals surface area contributed by atoms with Crippen molar-refractivity contribution in [2.75, 3.05) is 5.32 Å². The van der Waals surface area contributed by atoms with Crippen molar-refractivity contribution < 1.29 is 9.53 Å². The van der Waals surface area contributed by atoms with Gasteiger partial charge in [-0.15, -0.1) is 11.3 Å². The number of hydrogen-bond donors (Lipinski definition) is 1. The molecule has 0 unspecified atom stereocenters. The van der Waals surface area contributed by atoms with E-state index in [4.69, 9.17) is 16.3 Å². The number of carbonyl (C=O) groups is 1. The fourth-order valence-electron chi connectivity index (χ4n) is 2.70. The van der Waals surface area contributed by atoms with Crippen LogP contribution >= 0.6 is 34.7 Å². The summed E-state index contributed by atoms with van der Waals surface area (Å²) in [5.41, 5.74) is 1.47. The van der Waals surface area contributed by atoms with Crippen LogP contribution in [-0.2, 0) is 24.9 Å². The molecule has 0 fully saturated rings. The van der Waals surface area contributed by atoms with Crippen molar-refractivity contribution in [1.82, 2.24) is 14.5 Å². The Morgan fingerprint density at radius 3 is 2.68 bits per heavy atom. The van der Waals surface area contributed by atoms with Crippen molar-refractivity contribution in [3.05, 3.63) is 82.0 Å². The van der Waals surface area contributed by atoms with Crippen LogP contribution in [0.2, 0.25) is 5.02 Å². The molecule has 0 atom stereocenters. The van der Waals surface area contributed by atoms with Crippen LogP contribution < -0.4 is 10.1 Å². The molecular formula is C22H19ClN4O2S2. The molecule has 0 radical (unpaired) electrons. The Hall–Kier alpha value is -2.81. The summed E-state index contributed by atoms with van der Waals surface area (Å²) in [6, 6.07) is 14.9. The molecule has 0 bridgehead atoms. The maximum atomic E-state index is 12.4. The Kier molecular flexibility index (Phi) is 6.91. The van der Waals surface area contributed by atoms with E-state index in [9.17, 15) is 4.79 Å². The number of amides is 1. The number of rotatable bonds is 8. The van der Waals surface area contributed by atoms with E-state index in [1.54, 1.807) is 30.1 Å². The topological polar surface area (TPSA) is 69.0 Å². The maximum absolute atomic E-state index is 12.4. The van der Waals surface area contributed by atoms with Gasteiger partial charge in [-0.3, -0.25) is 4.79 Å². The highest BCUT2D eigenvalue weighted by molar-refractivity contribution is 7.99. The number of benzene rings is 2. The number of nitrogens with zero attached hydrogens (tertiary/aromatic N) is 3. The lowest BCUT2D eigenvalue weighted by atomic mass is 10.3. The van der Waals surface area contributed by atoms with E-state index in [1.807, 2.05) is 59.6 Å². The van der Waals surface area contributed by atoms with Gasteiger partial charge in [-0.05, 0) is 48.5 Å². The third-order valence-electron chi connectivity index (χ3n) is 4.24. The lowest BCUT2D eigenvalue weighted by Crippen LogP contribution is -2.14. The Bertz CT molecular complexity index is 1160. The van der Waals surface area contributed by atoms with Gasteiger partial charge in [0.1, 0.15) is 17.4 Å². The molecule has 1 N–H and O–H groups in total. The van der Waals surface area contributed by atoms with Gasteiger partial charge in [0, 0.05) is 40.4 Å².